The minimum atomic E-state index is -2.85. The second-order valence-electron chi connectivity index (χ2n) is 5.64. The van der Waals surface area contributed by atoms with Crippen molar-refractivity contribution in [2.24, 2.45) is 0 Å². The van der Waals surface area contributed by atoms with Gasteiger partial charge in [0.15, 0.2) is 0 Å². The van der Waals surface area contributed by atoms with Gasteiger partial charge in [-0.25, -0.2) is 8.42 Å². The first-order valence-electron chi connectivity index (χ1n) is 7.11. The smallest absolute Gasteiger partial charge is 0.148 e. The molecule has 0 bridgehead atoms. The van der Waals surface area contributed by atoms with E-state index in [0.717, 1.165) is 44.0 Å². The Morgan fingerprint density at radius 3 is 2.60 bits per heavy atom. The van der Waals surface area contributed by atoms with Gasteiger partial charge in [0.25, 0.3) is 0 Å². The van der Waals surface area contributed by atoms with Crippen LogP contribution in [0.15, 0.2) is 16.5 Å². The SMILES string of the molecule is Cc1ccc(CNC2CCN(CCS(C)(=O)=O)CC2)o1. The molecule has 114 valence electrons. The van der Waals surface area contributed by atoms with E-state index in [1.807, 2.05) is 19.1 Å². The molecule has 0 unspecified atom stereocenters. The largest absolute Gasteiger partial charge is 0.465 e. The second-order valence-corrected chi connectivity index (χ2v) is 7.90. The number of hydrogen-bond acceptors (Lipinski definition) is 5. The molecule has 0 saturated carbocycles. The van der Waals surface area contributed by atoms with E-state index in [4.69, 9.17) is 4.42 Å². The Hall–Kier alpha value is -0.850. The van der Waals surface area contributed by atoms with Crippen LogP contribution in [0.5, 0.6) is 0 Å². The van der Waals surface area contributed by atoms with Crippen molar-refractivity contribution in [3.05, 3.63) is 23.7 Å². The Kier molecular flexibility index (Phi) is 5.23. The summed E-state index contributed by atoms with van der Waals surface area (Å²) in [7, 11) is -2.85. The lowest BCUT2D eigenvalue weighted by molar-refractivity contribution is 0.205. The van der Waals surface area contributed by atoms with Gasteiger partial charge in [-0.1, -0.05) is 0 Å². The van der Waals surface area contributed by atoms with Crippen LogP contribution in [-0.4, -0.2) is 51.0 Å². The molecule has 20 heavy (non-hydrogen) atoms. The number of furan rings is 1. The molecule has 1 fully saturated rings. The fourth-order valence-electron chi connectivity index (χ4n) is 2.48. The summed E-state index contributed by atoms with van der Waals surface area (Å²) in [5.74, 6) is 2.18. The number of nitrogens with zero attached hydrogens (tertiary/aromatic N) is 1. The third-order valence-electron chi connectivity index (χ3n) is 3.73. The first-order valence-corrected chi connectivity index (χ1v) is 9.17. The van der Waals surface area contributed by atoms with E-state index in [0.29, 0.717) is 12.6 Å². The highest BCUT2D eigenvalue weighted by Crippen LogP contribution is 2.12. The van der Waals surface area contributed by atoms with Crippen molar-refractivity contribution in [3.63, 3.8) is 0 Å². The number of hydrogen-bond donors (Lipinski definition) is 1. The van der Waals surface area contributed by atoms with Crippen molar-refractivity contribution in [2.45, 2.75) is 32.4 Å². The molecule has 0 aromatic carbocycles. The zero-order chi connectivity index (χ0) is 14.6. The molecule has 1 aromatic heterocycles. The molecule has 1 aromatic rings. The van der Waals surface area contributed by atoms with E-state index in [-0.39, 0.29) is 5.75 Å². The monoisotopic (exact) mass is 300 g/mol. The molecular formula is C14H24N2O3S. The first kappa shape index (κ1) is 15.5. The predicted octanol–water partition coefficient (Wildman–Crippen LogP) is 1.19. The molecule has 0 amide bonds. The summed E-state index contributed by atoms with van der Waals surface area (Å²) in [6, 6.07) is 4.48. The van der Waals surface area contributed by atoms with E-state index in [2.05, 4.69) is 10.2 Å². The molecule has 1 N–H and O–H groups in total. The molecule has 0 spiro atoms. The normalized spacial score (nSPS) is 18.5. The van der Waals surface area contributed by atoms with Gasteiger partial charge in [-0.2, -0.15) is 0 Å². The first-order chi connectivity index (χ1) is 9.42. The van der Waals surface area contributed by atoms with Crippen LogP contribution in [0.25, 0.3) is 0 Å². The standard InChI is InChI=1S/C14H24N2O3S/c1-12-3-4-14(19-12)11-15-13-5-7-16(8-6-13)9-10-20(2,17)18/h3-4,13,15H,5-11H2,1-2H3. The molecule has 0 aliphatic carbocycles. The molecule has 1 aliphatic rings. The molecule has 5 nitrogen and oxygen atoms in total. The topological polar surface area (TPSA) is 62.6 Å². The summed E-state index contributed by atoms with van der Waals surface area (Å²) in [4.78, 5) is 2.23. The summed E-state index contributed by atoms with van der Waals surface area (Å²) in [6.07, 6.45) is 3.42. The van der Waals surface area contributed by atoms with Crippen LogP contribution in [-0.2, 0) is 16.4 Å². The van der Waals surface area contributed by atoms with Gasteiger partial charge in [-0.3, -0.25) is 0 Å². The Balaban J connectivity index is 1.66. The lowest BCUT2D eigenvalue weighted by Crippen LogP contribution is -2.43. The highest BCUT2D eigenvalue weighted by atomic mass is 32.2. The highest BCUT2D eigenvalue weighted by molar-refractivity contribution is 7.90. The van der Waals surface area contributed by atoms with Crippen LogP contribution in [0.3, 0.4) is 0 Å². The summed E-state index contributed by atoms with van der Waals surface area (Å²) in [5, 5.41) is 3.51. The summed E-state index contributed by atoms with van der Waals surface area (Å²) < 4.78 is 27.8. The highest BCUT2D eigenvalue weighted by Gasteiger charge is 2.19. The van der Waals surface area contributed by atoms with Crippen molar-refractivity contribution >= 4 is 9.84 Å². The van der Waals surface area contributed by atoms with E-state index in [1.54, 1.807) is 0 Å². The maximum absolute atomic E-state index is 11.2. The fraction of sp³-hybridized carbons (Fsp3) is 0.714. The van der Waals surface area contributed by atoms with Crippen LogP contribution in [0, 0.1) is 6.92 Å². The summed E-state index contributed by atoms with van der Waals surface area (Å²) in [6.45, 7) is 5.29. The van der Waals surface area contributed by atoms with E-state index >= 15 is 0 Å². The van der Waals surface area contributed by atoms with Crippen LogP contribution in [0.4, 0.5) is 0 Å². The van der Waals surface area contributed by atoms with Crippen LogP contribution >= 0.6 is 0 Å². The molecule has 2 rings (SSSR count). The zero-order valence-electron chi connectivity index (χ0n) is 12.3. The number of likely N-dealkylation sites (tertiary alicyclic amines) is 1. The quantitative estimate of drug-likeness (QED) is 0.855. The van der Waals surface area contributed by atoms with Gasteiger partial charge in [-0.15, -0.1) is 0 Å². The van der Waals surface area contributed by atoms with Gasteiger partial charge in [0, 0.05) is 18.8 Å². The van der Waals surface area contributed by atoms with Crippen molar-refractivity contribution < 1.29 is 12.8 Å². The van der Waals surface area contributed by atoms with E-state index in [9.17, 15) is 8.42 Å². The molecule has 2 heterocycles. The van der Waals surface area contributed by atoms with Crippen molar-refractivity contribution in [1.82, 2.24) is 10.2 Å². The Labute approximate surface area is 121 Å². The fourth-order valence-corrected chi connectivity index (χ4v) is 3.07. The summed E-state index contributed by atoms with van der Waals surface area (Å²) in [5.41, 5.74) is 0. The zero-order valence-corrected chi connectivity index (χ0v) is 13.1. The molecular weight excluding hydrogens is 276 g/mol. The number of nitrogens with one attached hydrogen (secondary N) is 1. The van der Waals surface area contributed by atoms with Crippen molar-refractivity contribution in [1.29, 1.82) is 0 Å². The van der Waals surface area contributed by atoms with E-state index in [1.165, 1.54) is 6.26 Å². The van der Waals surface area contributed by atoms with Crippen LogP contribution in [0.1, 0.15) is 24.4 Å². The maximum atomic E-state index is 11.2. The minimum absolute atomic E-state index is 0.261. The van der Waals surface area contributed by atoms with Gasteiger partial charge in [-0.05, 0) is 45.0 Å². The molecule has 0 atom stereocenters. The average molecular weight is 300 g/mol. The van der Waals surface area contributed by atoms with E-state index < -0.39 is 9.84 Å². The van der Waals surface area contributed by atoms with Crippen LogP contribution < -0.4 is 5.32 Å². The number of rotatable bonds is 6. The van der Waals surface area contributed by atoms with Gasteiger partial charge in [0.05, 0.1) is 12.3 Å². The number of piperidine rings is 1. The molecule has 6 heteroatoms. The van der Waals surface area contributed by atoms with Gasteiger partial charge in [0.2, 0.25) is 0 Å². The Bertz CT molecular complexity index is 516. The third kappa shape index (κ3) is 5.26. The van der Waals surface area contributed by atoms with Crippen LogP contribution in [0.2, 0.25) is 0 Å². The molecule has 1 aliphatic heterocycles. The van der Waals surface area contributed by atoms with Gasteiger partial charge < -0.3 is 14.6 Å². The lowest BCUT2D eigenvalue weighted by Gasteiger charge is -2.32. The maximum Gasteiger partial charge on any atom is 0.148 e. The molecule has 0 radical (unpaired) electrons. The Morgan fingerprint density at radius 2 is 2.05 bits per heavy atom. The van der Waals surface area contributed by atoms with Gasteiger partial charge in [0.1, 0.15) is 21.4 Å². The third-order valence-corrected chi connectivity index (χ3v) is 4.65. The molecule has 1 saturated heterocycles. The Morgan fingerprint density at radius 1 is 1.35 bits per heavy atom. The predicted molar refractivity (Wildman–Crippen MR) is 79.5 cm³/mol. The van der Waals surface area contributed by atoms with Gasteiger partial charge >= 0.3 is 0 Å². The van der Waals surface area contributed by atoms with Crippen molar-refractivity contribution in [2.75, 3.05) is 31.6 Å². The minimum Gasteiger partial charge on any atom is -0.465 e. The number of sulfone groups is 1. The summed E-state index contributed by atoms with van der Waals surface area (Å²) >= 11 is 0. The van der Waals surface area contributed by atoms with Crippen molar-refractivity contribution in [3.8, 4) is 0 Å². The lowest BCUT2D eigenvalue weighted by atomic mass is 10.1. The average Bonchev–Trinajstić information content (AvgIpc) is 2.80. The number of aryl methyl sites for hydroxylation is 1. The second kappa shape index (κ2) is 6.74.